The summed E-state index contributed by atoms with van der Waals surface area (Å²) >= 11 is 10.9. The number of nitrogens with two attached hydrogens (primary N) is 1. The smallest absolute Gasteiger partial charge is 0.250 e. The Morgan fingerprint density at radius 1 is 1.35 bits per heavy atom. The van der Waals surface area contributed by atoms with E-state index in [-0.39, 0.29) is 10.5 Å². The van der Waals surface area contributed by atoms with Crippen molar-refractivity contribution in [2.45, 2.75) is 6.54 Å². The summed E-state index contributed by atoms with van der Waals surface area (Å²) in [5, 5.41) is 0.539. The Morgan fingerprint density at radius 3 is 2.85 bits per heavy atom. The highest BCUT2D eigenvalue weighted by molar-refractivity contribution is 7.80. The summed E-state index contributed by atoms with van der Waals surface area (Å²) in [7, 11) is 0. The van der Waals surface area contributed by atoms with Crippen LogP contribution in [-0.4, -0.2) is 16.2 Å². The van der Waals surface area contributed by atoms with Crippen molar-refractivity contribution in [3.05, 3.63) is 63.5 Å². The summed E-state index contributed by atoms with van der Waals surface area (Å²) in [5.41, 5.74) is 6.18. The van der Waals surface area contributed by atoms with Crippen LogP contribution in [0.5, 0.6) is 5.75 Å². The molecule has 1 aromatic carbocycles. The van der Waals surface area contributed by atoms with Crippen molar-refractivity contribution in [3.63, 3.8) is 0 Å². The summed E-state index contributed by atoms with van der Waals surface area (Å²) in [6.07, 6.45) is 1.71. The van der Waals surface area contributed by atoms with Gasteiger partial charge < -0.3 is 15.0 Å². The van der Waals surface area contributed by atoms with Crippen LogP contribution in [-0.2, 0) is 6.54 Å². The molecule has 20 heavy (non-hydrogen) atoms. The lowest BCUT2D eigenvalue weighted by molar-refractivity contribution is 0.296. The lowest BCUT2D eigenvalue weighted by Crippen LogP contribution is -2.21. The normalized spacial score (nSPS) is 10.2. The van der Waals surface area contributed by atoms with E-state index in [0.717, 1.165) is 0 Å². The first-order valence-corrected chi connectivity index (χ1v) is 6.74. The van der Waals surface area contributed by atoms with Crippen molar-refractivity contribution < 1.29 is 4.74 Å². The van der Waals surface area contributed by atoms with Gasteiger partial charge in [0, 0.05) is 17.3 Å². The summed E-state index contributed by atoms with van der Waals surface area (Å²) in [4.78, 5) is 11.8. The minimum absolute atomic E-state index is 0.0724. The van der Waals surface area contributed by atoms with Gasteiger partial charge in [0.25, 0.3) is 5.56 Å². The maximum absolute atomic E-state index is 11.5. The van der Waals surface area contributed by atoms with Gasteiger partial charge in [-0.05, 0) is 24.3 Å². The lowest BCUT2D eigenvalue weighted by atomic mass is 10.2. The number of hydrogen-bond donors (Lipinski definition) is 1. The van der Waals surface area contributed by atoms with Gasteiger partial charge in [-0.2, -0.15) is 0 Å². The van der Waals surface area contributed by atoms with Crippen LogP contribution in [0, 0.1) is 0 Å². The zero-order valence-electron chi connectivity index (χ0n) is 10.6. The zero-order valence-corrected chi connectivity index (χ0v) is 12.2. The number of pyridine rings is 1. The Labute approximate surface area is 126 Å². The second-order valence-corrected chi connectivity index (χ2v) is 4.96. The molecule has 0 bridgehead atoms. The van der Waals surface area contributed by atoms with Crippen LogP contribution < -0.4 is 16.0 Å². The van der Waals surface area contributed by atoms with Crippen molar-refractivity contribution in [2.75, 3.05) is 6.61 Å². The molecule has 2 N–H and O–H groups in total. The Hall–Kier alpha value is -1.85. The summed E-state index contributed by atoms with van der Waals surface area (Å²) in [6.45, 7) is 0.753. The van der Waals surface area contributed by atoms with Crippen LogP contribution in [0.25, 0.3) is 0 Å². The fourth-order valence-electron chi connectivity index (χ4n) is 1.72. The summed E-state index contributed by atoms with van der Waals surface area (Å²) in [5.74, 6) is 0.522. The van der Waals surface area contributed by atoms with Crippen molar-refractivity contribution in [2.24, 2.45) is 5.73 Å². The Bertz CT molecular complexity index is 685. The molecule has 0 aliphatic heterocycles. The number of aromatic nitrogens is 1. The molecule has 2 rings (SSSR count). The monoisotopic (exact) mass is 308 g/mol. The third-order valence-electron chi connectivity index (χ3n) is 2.70. The van der Waals surface area contributed by atoms with Gasteiger partial charge in [0.1, 0.15) is 17.3 Å². The van der Waals surface area contributed by atoms with Gasteiger partial charge in [-0.25, -0.2) is 0 Å². The minimum atomic E-state index is -0.0724. The van der Waals surface area contributed by atoms with E-state index in [9.17, 15) is 4.79 Å². The first-order valence-electron chi connectivity index (χ1n) is 5.95. The number of rotatable bonds is 5. The second-order valence-electron chi connectivity index (χ2n) is 4.09. The molecule has 0 fully saturated rings. The van der Waals surface area contributed by atoms with Gasteiger partial charge >= 0.3 is 0 Å². The lowest BCUT2D eigenvalue weighted by Gasteiger charge is -2.12. The number of hydrogen-bond acceptors (Lipinski definition) is 3. The fourth-order valence-corrected chi connectivity index (χ4v) is 2.05. The van der Waals surface area contributed by atoms with E-state index in [1.165, 1.54) is 6.07 Å². The van der Waals surface area contributed by atoms with Gasteiger partial charge in [-0.15, -0.1) is 0 Å². The Morgan fingerprint density at radius 2 is 2.15 bits per heavy atom. The molecule has 0 saturated carbocycles. The average molecular weight is 309 g/mol. The molecule has 0 spiro atoms. The number of nitrogens with zero attached hydrogens (tertiary/aromatic N) is 1. The molecule has 2 aromatic rings. The van der Waals surface area contributed by atoms with Crippen molar-refractivity contribution >= 4 is 28.8 Å². The first-order chi connectivity index (χ1) is 9.58. The third kappa shape index (κ3) is 3.59. The highest BCUT2D eigenvalue weighted by atomic mass is 35.5. The topological polar surface area (TPSA) is 57.2 Å². The van der Waals surface area contributed by atoms with Crippen LogP contribution in [0.1, 0.15) is 5.56 Å². The molecule has 1 aromatic heterocycles. The number of benzene rings is 1. The van der Waals surface area contributed by atoms with E-state index < -0.39 is 0 Å². The van der Waals surface area contributed by atoms with Gasteiger partial charge in [-0.1, -0.05) is 29.9 Å². The quantitative estimate of drug-likeness (QED) is 0.861. The molecule has 0 aliphatic rings. The Balaban J connectivity index is 2.08. The van der Waals surface area contributed by atoms with Crippen molar-refractivity contribution in [1.29, 1.82) is 0 Å². The van der Waals surface area contributed by atoms with E-state index in [0.29, 0.717) is 29.5 Å². The van der Waals surface area contributed by atoms with E-state index in [2.05, 4.69) is 0 Å². The predicted octanol–water partition coefficient (Wildman–Crippen LogP) is 2.21. The van der Waals surface area contributed by atoms with E-state index in [1.807, 2.05) is 0 Å². The molecule has 0 radical (unpaired) electrons. The standard InChI is InChI=1S/C14H13ClN2O2S/c15-10-4-5-11(14(16)20)12(9-10)19-8-7-17-6-2-1-3-13(17)18/h1-6,9H,7-8H2,(H2,16,20). The molecular weight excluding hydrogens is 296 g/mol. The summed E-state index contributed by atoms with van der Waals surface area (Å²) in [6, 6.07) is 10.1. The second kappa shape index (κ2) is 6.54. The minimum Gasteiger partial charge on any atom is -0.491 e. The molecule has 0 saturated heterocycles. The molecule has 1 heterocycles. The fraction of sp³-hybridized carbons (Fsp3) is 0.143. The molecule has 104 valence electrons. The molecule has 0 amide bonds. The zero-order chi connectivity index (χ0) is 14.5. The average Bonchev–Trinajstić information content (AvgIpc) is 2.41. The van der Waals surface area contributed by atoms with Crippen LogP contribution in [0.3, 0.4) is 0 Å². The van der Waals surface area contributed by atoms with E-state index in [1.54, 1.807) is 41.1 Å². The molecule has 6 heteroatoms. The SMILES string of the molecule is NC(=S)c1ccc(Cl)cc1OCCn1ccccc1=O. The number of halogens is 1. The molecule has 0 atom stereocenters. The highest BCUT2D eigenvalue weighted by Crippen LogP contribution is 2.23. The number of thiocarbonyl (C=S) groups is 1. The maximum Gasteiger partial charge on any atom is 0.250 e. The third-order valence-corrected chi connectivity index (χ3v) is 3.15. The van der Waals surface area contributed by atoms with Gasteiger partial charge in [0.05, 0.1) is 12.1 Å². The van der Waals surface area contributed by atoms with Crippen LogP contribution in [0.4, 0.5) is 0 Å². The van der Waals surface area contributed by atoms with Crippen LogP contribution in [0.15, 0.2) is 47.4 Å². The van der Waals surface area contributed by atoms with Crippen LogP contribution in [0.2, 0.25) is 5.02 Å². The summed E-state index contributed by atoms with van der Waals surface area (Å²) < 4.78 is 7.19. The first kappa shape index (κ1) is 14.6. The molecule has 4 nitrogen and oxygen atoms in total. The maximum atomic E-state index is 11.5. The van der Waals surface area contributed by atoms with Crippen molar-refractivity contribution in [1.82, 2.24) is 4.57 Å². The predicted molar refractivity (Wildman–Crippen MR) is 83.5 cm³/mol. The Kier molecular flexibility index (Phi) is 4.76. The van der Waals surface area contributed by atoms with Gasteiger partial charge in [-0.3, -0.25) is 4.79 Å². The molecular formula is C14H13ClN2O2S. The van der Waals surface area contributed by atoms with Crippen molar-refractivity contribution in [3.8, 4) is 5.75 Å². The largest absolute Gasteiger partial charge is 0.491 e. The molecule has 0 unspecified atom stereocenters. The number of ether oxygens (including phenoxy) is 1. The van der Waals surface area contributed by atoms with Gasteiger partial charge in [0.2, 0.25) is 0 Å². The van der Waals surface area contributed by atoms with E-state index in [4.69, 9.17) is 34.3 Å². The highest BCUT2D eigenvalue weighted by Gasteiger charge is 2.07. The van der Waals surface area contributed by atoms with Crippen LogP contribution >= 0.6 is 23.8 Å². The molecule has 0 aliphatic carbocycles. The van der Waals surface area contributed by atoms with Gasteiger partial charge in [0.15, 0.2) is 0 Å². The van der Waals surface area contributed by atoms with E-state index >= 15 is 0 Å².